The fraction of sp³-hybridized carbons (Fsp3) is 0.429. The fourth-order valence-electron chi connectivity index (χ4n) is 1.83. The molecule has 1 amide bonds. The molecule has 126 valence electrons. The zero-order chi connectivity index (χ0) is 17.8. The number of carboxylic acid groups (broad SMARTS) is 1. The monoisotopic (exact) mass is 344 g/mol. The molecule has 2 N–H and O–H groups in total. The van der Waals surface area contributed by atoms with Gasteiger partial charge >= 0.3 is 12.1 Å². The zero-order valence-corrected chi connectivity index (χ0v) is 13.6. The molecular weight excluding hydrogens is 328 g/mol. The summed E-state index contributed by atoms with van der Waals surface area (Å²) in [5, 5.41) is 22.6. The molecule has 0 heterocycles. The van der Waals surface area contributed by atoms with Crippen LogP contribution in [0.25, 0.3) is 0 Å². The maximum Gasteiger partial charge on any atom is 0.408 e. The highest BCUT2D eigenvalue weighted by Gasteiger charge is 2.28. The lowest BCUT2D eigenvalue weighted by Gasteiger charge is -2.23. The van der Waals surface area contributed by atoms with Crippen molar-refractivity contribution in [3.63, 3.8) is 0 Å². The summed E-state index contributed by atoms with van der Waals surface area (Å²) in [4.78, 5) is 33.3. The number of carbonyl (C=O) groups is 2. The highest BCUT2D eigenvalue weighted by molar-refractivity contribution is 6.30. The highest BCUT2D eigenvalue weighted by Crippen LogP contribution is 2.30. The number of nitrogens with zero attached hydrogens (tertiary/aromatic N) is 1. The molecular formula is C14H17ClN2O6. The van der Waals surface area contributed by atoms with Crippen LogP contribution in [0.4, 0.5) is 10.5 Å². The van der Waals surface area contributed by atoms with Gasteiger partial charge in [0.05, 0.1) is 22.9 Å². The number of nitro benzene ring substituents is 1. The number of benzene rings is 1. The highest BCUT2D eigenvalue weighted by atomic mass is 35.5. The van der Waals surface area contributed by atoms with Crippen LogP contribution in [0.5, 0.6) is 0 Å². The Balaban J connectivity index is 3.17. The summed E-state index contributed by atoms with van der Waals surface area (Å²) in [6, 6.07) is 2.57. The van der Waals surface area contributed by atoms with Crippen LogP contribution in [-0.2, 0) is 9.53 Å². The van der Waals surface area contributed by atoms with Crippen molar-refractivity contribution in [1.82, 2.24) is 5.32 Å². The molecule has 1 aromatic rings. The van der Waals surface area contributed by atoms with Crippen LogP contribution in [0.15, 0.2) is 18.2 Å². The third kappa shape index (κ3) is 6.11. The minimum absolute atomic E-state index is 0.00393. The molecule has 9 heteroatoms. The van der Waals surface area contributed by atoms with E-state index in [-0.39, 0.29) is 16.3 Å². The predicted octanol–water partition coefficient (Wildman–Crippen LogP) is 3.29. The van der Waals surface area contributed by atoms with Gasteiger partial charge in [-0.05, 0) is 32.9 Å². The van der Waals surface area contributed by atoms with Gasteiger partial charge in [0.15, 0.2) is 0 Å². The van der Waals surface area contributed by atoms with Crippen molar-refractivity contribution in [2.75, 3.05) is 0 Å². The number of rotatable bonds is 5. The van der Waals surface area contributed by atoms with E-state index in [2.05, 4.69) is 5.32 Å². The van der Waals surface area contributed by atoms with Crippen molar-refractivity contribution in [2.45, 2.75) is 38.8 Å². The summed E-state index contributed by atoms with van der Waals surface area (Å²) in [7, 11) is 0. The molecule has 0 aliphatic carbocycles. The molecule has 0 spiro atoms. The zero-order valence-electron chi connectivity index (χ0n) is 12.8. The normalized spacial score (nSPS) is 12.3. The van der Waals surface area contributed by atoms with E-state index in [9.17, 15) is 19.7 Å². The number of carboxylic acids is 1. The molecule has 0 saturated carbocycles. The number of aliphatic carboxylic acids is 1. The van der Waals surface area contributed by atoms with E-state index < -0.39 is 35.0 Å². The third-order valence-electron chi connectivity index (χ3n) is 2.63. The van der Waals surface area contributed by atoms with Crippen molar-refractivity contribution < 1.29 is 24.4 Å². The summed E-state index contributed by atoms with van der Waals surface area (Å²) in [5.74, 6) is -1.24. The minimum Gasteiger partial charge on any atom is -0.481 e. The molecule has 0 unspecified atom stereocenters. The van der Waals surface area contributed by atoms with E-state index in [0.29, 0.717) is 0 Å². The van der Waals surface area contributed by atoms with Gasteiger partial charge in [-0.25, -0.2) is 4.79 Å². The van der Waals surface area contributed by atoms with Gasteiger partial charge in [-0.1, -0.05) is 11.6 Å². The molecule has 0 aliphatic heterocycles. The Bertz CT molecular complexity index is 626. The Hall–Kier alpha value is -2.35. The van der Waals surface area contributed by atoms with Crippen molar-refractivity contribution in [1.29, 1.82) is 0 Å². The molecule has 1 rings (SSSR count). The van der Waals surface area contributed by atoms with Crippen LogP contribution in [0, 0.1) is 10.1 Å². The van der Waals surface area contributed by atoms with Crippen molar-refractivity contribution in [3.8, 4) is 0 Å². The van der Waals surface area contributed by atoms with E-state index in [1.807, 2.05) is 0 Å². The SMILES string of the molecule is CC(C)(C)OC(=O)N[C@H](CC(=O)O)c1cc(Cl)ccc1[N+](=O)[O-]. The molecule has 0 saturated heterocycles. The average Bonchev–Trinajstić information content (AvgIpc) is 2.34. The Morgan fingerprint density at radius 2 is 2.04 bits per heavy atom. The van der Waals surface area contributed by atoms with E-state index in [1.54, 1.807) is 20.8 Å². The number of nitrogens with one attached hydrogen (secondary N) is 1. The van der Waals surface area contributed by atoms with E-state index >= 15 is 0 Å². The Kier molecular flexibility index (Phi) is 5.91. The Morgan fingerprint density at radius 3 is 2.52 bits per heavy atom. The lowest BCUT2D eigenvalue weighted by atomic mass is 10.0. The first-order chi connectivity index (χ1) is 10.5. The predicted molar refractivity (Wildman–Crippen MR) is 82.5 cm³/mol. The number of nitro groups is 1. The van der Waals surface area contributed by atoms with Gasteiger partial charge in [-0.3, -0.25) is 14.9 Å². The lowest BCUT2D eigenvalue weighted by Crippen LogP contribution is -2.36. The molecule has 23 heavy (non-hydrogen) atoms. The number of ether oxygens (including phenoxy) is 1. The van der Waals surface area contributed by atoms with Crippen LogP contribution in [0.3, 0.4) is 0 Å². The molecule has 0 bridgehead atoms. The number of hydrogen-bond acceptors (Lipinski definition) is 5. The largest absolute Gasteiger partial charge is 0.481 e. The van der Waals surface area contributed by atoms with Gasteiger partial charge < -0.3 is 15.2 Å². The van der Waals surface area contributed by atoms with Crippen LogP contribution >= 0.6 is 11.6 Å². The second kappa shape index (κ2) is 7.28. The topological polar surface area (TPSA) is 119 Å². The number of alkyl carbamates (subject to hydrolysis) is 1. The molecule has 0 aliphatic rings. The first kappa shape index (κ1) is 18.7. The van der Waals surface area contributed by atoms with Gasteiger partial charge in [0.25, 0.3) is 5.69 Å². The van der Waals surface area contributed by atoms with Crippen LogP contribution in [0.2, 0.25) is 5.02 Å². The first-order valence-corrected chi connectivity index (χ1v) is 7.02. The standard InChI is InChI=1S/C14H17ClN2O6/c1-14(2,3)23-13(20)16-10(7-12(18)19)9-6-8(15)4-5-11(9)17(21)22/h4-6,10H,7H2,1-3H3,(H,16,20)(H,18,19)/t10-/m1/s1. The van der Waals surface area contributed by atoms with E-state index in [1.165, 1.54) is 12.1 Å². The van der Waals surface area contributed by atoms with Gasteiger partial charge in [0.1, 0.15) is 5.60 Å². The molecule has 0 aromatic heterocycles. The average molecular weight is 345 g/mol. The summed E-state index contributed by atoms with van der Waals surface area (Å²) in [6.45, 7) is 4.92. The minimum atomic E-state index is -1.24. The van der Waals surface area contributed by atoms with Gasteiger partial charge in [-0.2, -0.15) is 0 Å². The van der Waals surface area contributed by atoms with Crippen LogP contribution < -0.4 is 5.32 Å². The Morgan fingerprint density at radius 1 is 1.43 bits per heavy atom. The Labute approximate surface area is 137 Å². The second-order valence-electron chi connectivity index (χ2n) is 5.76. The number of carbonyl (C=O) groups excluding carboxylic acids is 1. The maximum atomic E-state index is 11.9. The third-order valence-corrected chi connectivity index (χ3v) is 2.87. The summed E-state index contributed by atoms with van der Waals surface area (Å²) >= 11 is 5.83. The fourth-order valence-corrected chi connectivity index (χ4v) is 2.01. The molecule has 1 aromatic carbocycles. The molecule has 0 radical (unpaired) electrons. The van der Waals surface area contributed by atoms with Crippen molar-refractivity contribution >= 4 is 29.4 Å². The van der Waals surface area contributed by atoms with Gasteiger partial charge in [-0.15, -0.1) is 0 Å². The van der Waals surface area contributed by atoms with E-state index in [0.717, 1.165) is 6.07 Å². The van der Waals surface area contributed by atoms with Crippen molar-refractivity contribution in [3.05, 3.63) is 38.9 Å². The van der Waals surface area contributed by atoms with Gasteiger partial charge in [0, 0.05) is 11.1 Å². The lowest BCUT2D eigenvalue weighted by molar-refractivity contribution is -0.385. The smallest absolute Gasteiger partial charge is 0.408 e. The maximum absolute atomic E-state index is 11.9. The van der Waals surface area contributed by atoms with Gasteiger partial charge in [0.2, 0.25) is 0 Å². The molecule has 0 fully saturated rings. The van der Waals surface area contributed by atoms with Crippen molar-refractivity contribution in [2.24, 2.45) is 0 Å². The number of amides is 1. The summed E-state index contributed by atoms with van der Waals surface area (Å²) in [6.07, 6.45) is -1.43. The summed E-state index contributed by atoms with van der Waals surface area (Å²) in [5.41, 5.74) is -1.13. The summed E-state index contributed by atoms with van der Waals surface area (Å²) < 4.78 is 5.06. The molecule has 8 nitrogen and oxygen atoms in total. The van der Waals surface area contributed by atoms with Crippen LogP contribution in [-0.4, -0.2) is 27.7 Å². The number of hydrogen-bond donors (Lipinski definition) is 2. The second-order valence-corrected chi connectivity index (χ2v) is 6.19. The number of halogens is 1. The first-order valence-electron chi connectivity index (χ1n) is 6.65. The molecule has 1 atom stereocenters. The quantitative estimate of drug-likeness (QED) is 0.624. The van der Waals surface area contributed by atoms with E-state index in [4.69, 9.17) is 21.4 Å². The van der Waals surface area contributed by atoms with Crippen LogP contribution in [0.1, 0.15) is 38.8 Å².